The molecule has 0 fully saturated rings. The molecular weight excluding hydrogens is 446 g/mol. The SMILES string of the molecule is COC(=O)c1cccc(-n2c(C)cc(/C=N/NC(=O)Cc3ccc(Br)cc3)c2C)c1. The molecule has 6 nitrogen and oxygen atoms in total. The van der Waals surface area contributed by atoms with Crippen molar-refractivity contribution in [3.63, 3.8) is 0 Å². The number of ether oxygens (including phenoxy) is 1. The fraction of sp³-hybridized carbons (Fsp3) is 0.174. The van der Waals surface area contributed by atoms with Gasteiger partial charge in [-0.3, -0.25) is 4.79 Å². The molecular formula is C23H22BrN3O3. The second-order valence-corrected chi connectivity index (χ2v) is 7.72. The molecule has 0 aliphatic rings. The molecule has 7 heteroatoms. The largest absolute Gasteiger partial charge is 0.465 e. The van der Waals surface area contributed by atoms with Gasteiger partial charge in [0.25, 0.3) is 0 Å². The molecule has 0 aliphatic carbocycles. The number of nitrogens with one attached hydrogen (secondary N) is 1. The molecule has 0 bridgehead atoms. The fourth-order valence-electron chi connectivity index (χ4n) is 3.21. The summed E-state index contributed by atoms with van der Waals surface area (Å²) in [5, 5.41) is 4.10. The Hall–Kier alpha value is -3.19. The van der Waals surface area contributed by atoms with Gasteiger partial charge in [-0.05, 0) is 55.8 Å². The van der Waals surface area contributed by atoms with Gasteiger partial charge in [-0.1, -0.05) is 34.1 Å². The molecule has 1 heterocycles. The number of hydrogen-bond acceptors (Lipinski definition) is 4. The Morgan fingerprint density at radius 2 is 1.87 bits per heavy atom. The smallest absolute Gasteiger partial charge is 0.337 e. The van der Waals surface area contributed by atoms with E-state index >= 15 is 0 Å². The quantitative estimate of drug-likeness (QED) is 0.333. The Labute approximate surface area is 183 Å². The minimum absolute atomic E-state index is 0.187. The molecule has 0 unspecified atom stereocenters. The number of methoxy groups -OCH3 is 1. The van der Waals surface area contributed by atoms with Crippen LogP contribution < -0.4 is 5.43 Å². The molecule has 1 amide bonds. The molecule has 154 valence electrons. The molecule has 0 aliphatic heterocycles. The molecule has 2 aromatic carbocycles. The highest BCUT2D eigenvalue weighted by molar-refractivity contribution is 9.10. The number of halogens is 1. The molecule has 0 saturated heterocycles. The van der Waals surface area contributed by atoms with Crippen LogP contribution in [-0.4, -0.2) is 29.8 Å². The molecule has 30 heavy (non-hydrogen) atoms. The molecule has 3 rings (SSSR count). The summed E-state index contributed by atoms with van der Waals surface area (Å²) in [5.41, 5.74) is 7.62. The predicted molar refractivity (Wildman–Crippen MR) is 120 cm³/mol. The summed E-state index contributed by atoms with van der Waals surface area (Å²) in [4.78, 5) is 23.9. The number of carbonyl (C=O) groups excluding carboxylic acids is 2. The van der Waals surface area contributed by atoms with Crippen LogP contribution in [0.2, 0.25) is 0 Å². The normalized spacial score (nSPS) is 10.9. The maximum Gasteiger partial charge on any atom is 0.337 e. The number of rotatable bonds is 6. The molecule has 3 aromatic rings. The topological polar surface area (TPSA) is 72.7 Å². The highest BCUT2D eigenvalue weighted by Gasteiger charge is 2.12. The number of benzene rings is 2. The van der Waals surface area contributed by atoms with E-state index in [0.29, 0.717) is 5.56 Å². The highest BCUT2D eigenvalue weighted by atomic mass is 79.9. The molecule has 0 radical (unpaired) electrons. The van der Waals surface area contributed by atoms with Gasteiger partial charge < -0.3 is 9.30 Å². The zero-order valence-electron chi connectivity index (χ0n) is 17.0. The highest BCUT2D eigenvalue weighted by Crippen LogP contribution is 2.21. The number of nitrogens with zero attached hydrogens (tertiary/aromatic N) is 2. The van der Waals surface area contributed by atoms with Crippen LogP contribution in [-0.2, 0) is 16.0 Å². The molecule has 1 aromatic heterocycles. The van der Waals surface area contributed by atoms with Gasteiger partial charge in [0.2, 0.25) is 5.91 Å². The van der Waals surface area contributed by atoms with E-state index in [1.165, 1.54) is 7.11 Å². The average molecular weight is 468 g/mol. The Morgan fingerprint density at radius 3 is 2.57 bits per heavy atom. The lowest BCUT2D eigenvalue weighted by Crippen LogP contribution is -2.19. The summed E-state index contributed by atoms with van der Waals surface area (Å²) in [6.45, 7) is 3.93. The van der Waals surface area contributed by atoms with Crippen LogP contribution in [0, 0.1) is 13.8 Å². The van der Waals surface area contributed by atoms with Gasteiger partial charge in [0, 0.05) is 27.1 Å². The third-order valence-corrected chi connectivity index (χ3v) is 5.20. The average Bonchev–Trinajstić information content (AvgIpc) is 3.02. The number of hydrazone groups is 1. The zero-order valence-corrected chi connectivity index (χ0v) is 18.6. The van der Waals surface area contributed by atoms with Crippen molar-refractivity contribution in [3.8, 4) is 5.69 Å². The second-order valence-electron chi connectivity index (χ2n) is 6.80. The lowest BCUT2D eigenvalue weighted by molar-refractivity contribution is -0.120. The van der Waals surface area contributed by atoms with Gasteiger partial charge in [0.15, 0.2) is 0 Å². The summed E-state index contributed by atoms with van der Waals surface area (Å²) in [5.74, 6) is -0.567. The van der Waals surface area contributed by atoms with Crippen molar-refractivity contribution < 1.29 is 14.3 Å². The van der Waals surface area contributed by atoms with Gasteiger partial charge in [-0.15, -0.1) is 0 Å². The number of carbonyl (C=O) groups is 2. The molecule has 1 N–H and O–H groups in total. The third kappa shape index (κ3) is 5.04. The van der Waals surface area contributed by atoms with Crippen LogP contribution in [0.25, 0.3) is 5.69 Å². The van der Waals surface area contributed by atoms with Crippen LogP contribution in [0.5, 0.6) is 0 Å². The Balaban J connectivity index is 1.73. The Morgan fingerprint density at radius 1 is 1.13 bits per heavy atom. The Bertz CT molecular complexity index is 1100. The maximum atomic E-state index is 12.1. The monoisotopic (exact) mass is 467 g/mol. The fourth-order valence-corrected chi connectivity index (χ4v) is 3.47. The van der Waals surface area contributed by atoms with E-state index in [1.54, 1.807) is 18.3 Å². The van der Waals surface area contributed by atoms with Gasteiger partial charge in [-0.25, -0.2) is 10.2 Å². The van der Waals surface area contributed by atoms with Gasteiger partial charge >= 0.3 is 5.97 Å². The summed E-state index contributed by atoms with van der Waals surface area (Å²) in [7, 11) is 1.36. The summed E-state index contributed by atoms with van der Waals surface area (Å²) < 4.78 is 7.80. The number of aryl methyl sites for hydroxylation is 1. The van der Waals surface area contributed by atoms with Crippen molar-refractivity contribution in [1.29, 1.82) is 0 Å². The number of aromatic nitrogens is 1. The van der Waals surface area contributed by atoms with Gasteiger partial charge in [0.1, 0.15) is 0 Å². The number of esters is 1. The minimum atomic E-state index is -0.380. The summed E-state index contributed by atoms with van der Waals surface area (Å²) in [6.07, 6.45) is 1.88. The van der Waals surface area contributed by atoms with Crippen molar-refractivity contribution in [2.45, 2.75) is 20.3 Å². The van der Waals surface area contributed by atoms with Crippen LogP contribution in [0.1, 0.15) is 32.9 Å². The van der Waals surface area contributed by atoms with Gasteiger partial charge in [0.05, 0.1) is 25.3 Å². The van der Waals surface area contributed by atoms with E-state index in [1.807, 2.05) is 60.9 Å². The number of hydrogen-bond donors (Lipinski definition) is 1. The van der Waals surface area contributed by atoms with E-state index in [-0.39, 0.29) is 18.3 Å². The second kappa shape index (κ2) is 9.54. The lowest BCUT2D eigenvalue weighted by Gasteiger charge is -2.10. The van der Waals surface area contributed by atoms with Crippen LogP contribution in [0.15, 0.2) is 64.2 Å². The molecule has 0 spiro atoms. The predicted octanol–water partition coefficient (Wildman–Crippen LogP) is 4.34. The van der Waals surface area contributed by atoms with Gasteiger partial charge in [-0.2, -0.15) is 5.10 Å². The van der Waals surface area contributed by atoms with E-state index in [0.717, 1.165) is 32.7 Å². The zero-order chi connectivity index (χ0) is 21.7. The van der Waals surface area contributed by atoms with Crippen LogP contribution in [0.3, 0.4) is 0 Å². The maximum absolute atomic E-state index is 12.1. The van der Waals surface area contributed by atoms with Crippen molar-refractivity contribution in [1.82, 2.24) is 9.99 Å². The first-order valence-corrected chi connectivity index (χ1v) is 10.1. The first-order valence-electron chi connectivity index (χ1n) is 9.33. The Kier molecular flexibility index (Phi) is 6.84. The van der Waals surface area contributed by atoms with E-state index in [9.17, 15) is 9.59 Å². The van der Waals surface area contributed by atoms with E-state index < -0.39 is 0 Å². The van der Waals surface area contributed by atoms with Crippen molar-refractivity contribution in [3.05, 3.63) is 87.1 Å². The third-order valence-electron chi connectivity index (χ3n) is 4.67. The van der Waals surface area contributed by atoms with E-state index in [2.05, 4.69) is 26.5 Å². The summed E-state index contributed by atoms with van der Waals surface area (Å²) in [6, 6.07) is 16.8. The first-order chi connectivity index (χ1) is 14.4. The molecule has 0 saturated carbocycles. The summed E-state index contributed by atoms with van der Waals surface area (Å²) >= 11 is 3.38. The minimum Gasteiger partial charge on any atom is -0.465 e. The first kappa shape index (κ1) is 21.5. The van der Waals surface area contributed by atoms with Crippen molar-refractivity contribution in [2.24, 2.45) is 5.10 Å². The van der Waals surface area contributed by atoms with Crippen LogP contribution >= 0.6 is 15.9 Å². The molecule has 0 atom stereocenters. The van der Waals surface area contributed by atoms with Crippen LogP contribution in [0.4, 0.5) is 0 Å². The lowest BCUT2D eigenvalue weighted by atomic mass is 10.1. The standard InChI is InChI=1S/C23H22BrN3O3/c1-15-11-19(14-25-26-22(28)12-17-7-9-20(24)10-8-17)16(2)27(15)21-6-4-5-18(13-21)23(29)30-3/h4-11,13-14H,12H2,1-3H3,(H,26,28)/b25-14+. The van der Waals surface area contributed by atoms with E-state index in [4.69, 9.17) is 4.74 Å². The van der Waals surface area contributed by atoms with Crippen molar-refractivity contribution in [2.75, 3.05) is 7.11 Å². The van der Waals surface area contributed by atoms with Crippen molar-refractivity contribution >= 4 is 34.0 Å². The number of amides is 1.